The zero-order valence-electron chi connectivity index (χ0n) is 54.5. The molecule has 2 aromatic carbocycles. The Morgan fingerprint density at radius 2 is 1.33 bits per heavy atom. The van der Waals surface area contributed by atoms with Crippen LogP contribution in [0.3, 0.4) is 0 Å². The number of carbonyl (C=O) groups is 8. The van der Waals surface area contributed by atoms with Gasteiger partial charge >= 0.3 is 36.1 Å². The van der Waals surface area contributed by atoms with Crippen molar-refractivity contribution in [3.05, 3.63) is 91.5 Å². The van der Waals surface area contributed by atoms with E-state index in [1.807, 2.05) is 19.9 Å². The van der Waals surface area contributed by atoms with E-state index in [1.54, 1.807) is 38.0 Å². The molecule has 26 nitrogen and oxygen atoms in total. The summed E-state index contributed by atoms with van der Waals surface area (Å²) in [5.74, 6) is -7.27. The van der Waals surface area contributed by atoms with Crippen molar-refractivity contribution in [1.29, 1.82) is 0 Å². The van der Waals surface area contributed by atoms with Crippen molar-refractivity contribution >= 4 is 80.8 Å². The number of benzene rings is 2. The fourth-order valence-electron chi connectivity index (χ4n) is 17.4. The lowest BCUT2D eigenvalue weighted by Crippen LogP contribution is -2.61. The number of piperazine rings is 1. The lowest BCUT2D eigenvalue weighted by Gasteiger charge is -2.59. The molecular weight excluding hydrogens is 1270 g/mol. The number of amides is 2. The van der Waals surface area contributed by atoms with Crippen LogP contribution in [0, 0.1) is 46.1 Å². The fourth-order valence-corrected chi connectivity index (χ4v) is 17.4. The number of aliphatic hydroxyl groups excluding tert-OH is 1. The number of carboxylic acid groups (broad SMARTS) is 1. The number of carbonyl (C=O) groups excluding carboxylic acids is 7. The number of allylic oxidation sites excluding steroid dienone is 4. The smallest absolute Gasteiger partial charge is 0.412 e. The molecule has 6 aliphatic carbocycles. The van der Waals surface area contributed by atoms with Gasteiger partial charge in [-0.2, -0.15) is 0 Å². The molecule has 6 unspecified atom stereocenters. The van der Waals surface area contributed by atoms with Gasteiger partial charge in [-0.3, -0.25) is 28.8 Å². The molecule has 10 atom stereocenters. The number of nitrogens with zero attached hydrogens (tertiary/aromatic N) is 6. The molecule has 5 heterocycles. The number of carboxylic acids is 1. The highest BCUT2D eigenvalue weighted by Crippen LogP contribution is 2.67. The van der Waals surface area contributed by atoms with E-state index in [0.717, 1.165) is 30.5 Å². The van der Waals surface area contributed by atoms with Gasteiger partial charge in [0, 0.05) is 86.5 Å². The van der Waals surface area contributed by atoms with Gasteiger partial charge in [-0.25, -0.2) is 28.0 Å². The molecule has 97 heavy (non-hydrogen) atoms. The SMILES string of the molecule is COc1c(N2CC3CCCN(C(=O)OCOC(=O)CCC(=O)OCC(=O)[C@@]4(O)CCC5C6CCC7=CC(=O)C=C[C@]7(C)C6[C@@H](O)C[C@@]54C)C3C2)c(F)cc2c(=O)c(C(=O)OCOC(=O)N3CCN(c4c(F)cc5c(=O)c(C(=O)O)cn(C6CC6)c5c4OC)C(C)C3)cn(C3CC3)c12. The summed E-state index contributed by atoms with van der Waals surface area (Å²) in [5, 5.41) is 33.2. The third kappa shape index (κ3) is 11.6. The predicted octanol–water partition coefficient (Wildman–Crippen LogP) is 6.88. The molecule has 28 heteroatoms. The number of halogens is 2. The summed E-state index contributed by atoms with van der Waals surface area (Å²) in [6.45, 7) is 3.90. The van der Waals surface area contributed by atoms with Crippen LogP contribution in [-0.4, -0.2) is 179 Å². The maximum absolute atomic E-state index is 16.8. The molecule has 0 bridgehead atoms. The number of aromatic nitrogens is 2. The molecule has 0 radical (unpaired) electrons. The van der Waals surface area contributed by atoms with E-state index in [4.69, 9.17) is 33.2 Å². The van der Waals surface area contributed by atoms with Crippen molar-refractivity contribution < 1.29 is 95.6 Å². The van der Waals surface area contributed by atoms with E-state index < -0.39 is 143 Å². The number of ketones is 2. The first kappa shape index (κ1) is 66.7. The number of aromatic carboxylic acids is 1. The van der Waals surface area contributed by atoms with Crippen molar-refractivity contribution in [3.8, 4) is 11.5 Å². The van der Waals surface area contributed by atoms with Gasteiger partial charge in [0.15, 0.2) is 35.5 Å². The second-order valence-corrected chi connectivity index (χ2v) is 27.9. The van der Waals surface area contributed by atoms with Gasteiger partial charge in [0.25, 0.3) is 0 Å². The summed E-state index contributed by atoms with van der Waals surface area (Å²) in [4.78, 5) is 138. The van der Waals surface area contributed by atoms with E-state index >= 15 is 8.78 Å². The lowest BCUT2D eigenvalue weighted by atomic mass is 9.46. The van der Waals surface area contributed by atoms with Crippen LogP contribution in [0.15, 0.2) is 57.9 Å². The second-order valence-electron chi connectivity index (χ2n) is 27.9. The number of fused-ring (bicyclic) bond motifs is 8. The third-order valence-electron chi connectivity index (χ3n) is 22.4. The van der Waals surface area contributed by atoms with Gasteiger partial charge < -0.3 is 77.2 Å². The quantitative estimate of drug-likeness (QED) is 0.0519. The summed E-state index contributed by atoms with van der Waals surface area (Å²) in [5.41, 5.74) is -4.57. The Morgan fingerprint density at radius 3 is 1.98 bits per heavy atom. The van der Waals surface area contributed by atoms with Crippen molar-refractivity contribution in [2.45, 2.75) is 140 Å². The summed E-state index contributed by atoms with van der Waals surface area (Å²) in [6, 6.07) is 0.669. The molecule has 3 N–H and O–H groups in total. The van der Waals surface area contributed by atoms with Crippen LogP contribution in [0.2, 0.25) is 0 Å². The number of hydrogen-bond acceptors (Lipinski definition) is 21. The van der Waals surface area contributed by atoms with Crippen LogP contribution < -0.4 is 30.1 Å². The number of methoxy groups -OCH3 is 2. The molecule has 4 aromatic rings. The van der Waals surface area contributed by atoms with Gasteiger partial charge in [0.05, 0.1) is 61.0 Å². The summed E-state index contributed by atoms with van der Waals surface area (Å²) < 4.78 is 74.5. The highest BCUT2D eigenvalue weighted by atomic mass is 19.1. The monoisotopic (exact) mass is 1350 g/mol. The molecule has 2 amide bonds. The zero-order chi connectivity index (χ0) is 68.9. The first-order valence-corrected chi connectivity index (χ1v) is 33.2. The average molecular weight is 1350 g/mol. The highest BCUT2D eigenvalue weighted by molar-refractivity contribution is 6.02. The van der Waals surface area contributed by atoms with E-state index in [1.165, 1.54) is 36.4 Å². The minimum absolute atomic E-state index is 0.00482. The van der Waals surface area contributed by atoms with E-state index in [-0.39, 0.29) is 138 Å². The van der Waals surface area contributed by atoms with Crippen LogP contribution in [-0.2, 0) is 42.9 Å². The number of pyridine rings is 2. The molecule has 8 fully saturated rings. The lowest BCUT2D eigenvalue weighted by molar-refractivity contribution is -0.181. The molecular formula is C69H78F2N6O20. The maximum Gasteiger partial charge on any atom is 0.412 e. The molecule has 13 rings (SSSR count). The maximum atomic E-state index is 16.8. The Kier molecular flexibility index (Phi) is 17.5. The standard InChI is InChI=1S/C69H78F2N6O20/c1-35-27-72(21-22-74(35)58-48(71)25-42-56(62(58)92-5)76(38-9-10-38)29-44(59(42)83)63(85)86)65(88)96-34-95-64(87)45-30-77(39-11-12-39)55-43(60(45)84)24-47(70)57(61(55)91-4)73-28-36-7-6-20-75(49(36)31-73)66(89)97-33-94-53(82)15-14-52(81)93-32-51(80)69(90)19-17-46-41-13-8-37-23-40(78)16-18-67(37,2)54(41)50(79)26-68(46,69)3/h16,18,23-25,29-30,35-36,38-39,41,46,49-50,54,79,90H,6-15,17,19-22,26-28,31-34H2,1-5H3,(H,85,86)/t35?,36?,41?,46?,49?,50-,54?,67-,68-,69-/m0/s1. The molecule has 9 aliphatic rings. The molecule has 2 aromatic heterocycles. The third-order valence-corrected chi connectivity index (χ3v) is 22.4. The molecule has 518 valence electrons. The van der Waals surface area contributed by atoms with E-state index in [2.05, 4.69) is 0 Å². The number of esters is 3. The minimum Gasteiger partial charge on any atom is -0.492 e. The summed E-state index contributed by atoms with van der Waals surface area (Å²) in [6.07, 6.45) is 10.3. The molecule has 0 spiro atoms. The van der Waals surface area contributed by atoms with Gasteiger partial charge in [-0.1, -0.05) is 25.5 Å². The Bertz CT molecular complexity index is 4180. The van der Waals surface area contributed by atoms with Crippen LogP contribution in [0.1, 0.15) is 137 Å². The Morgan fingerprint density at radius 1 is 0.711 bits per heavy atom. The minimum atomic E-state index is -1.88. The average Bonchev–Trinajstić information content (AvgIpc) is 0.798. The van der Waals surface area contributed by atoms with E-state index in [9.17, 15) is 63.3 Å². The van der Waals surface area contributed by atoms with Crippen LogP contribution in [0.5, 0.6) is 11.5 Å². The number of Topliss-reactive ketones (excluding diaryl/α,β-unsaturated/α-hetero) is 1. The van der Waals surface area contributed by atoms with E-state index in [0.29, 0.717) is 44.9 Å². The first-order chi connectivity index (χ1) is 46.3. The fraction of sp³-hybridized carbons (Fsp3) is 0.565. The number of piperidine rings is 1. The topological polar surface area (TPSA) is 319 Å². The van der Waals surface area contributed by atoms with Crippen molar-refractivity contribution in [2.75, 3.05) is 83.5 Å². The first-order valence-electron chi connectivity index (χ1n) is 33.2. The highest BCUT2D eigenvalue weighted by Gasteiger charge is 2.68. The largest absolute Gasteiger partial charge is 0.492 e. The predicted molar refractivity (Wildman–Crippen MR) is 339 cm³/mol. The van der Waals surface area contributed by atoms with Crippen molar-refractivity contribution in [3.63, 3.8) is 0 Å². The van der Waals surface area contributed by atoms with Crippen LogP contribution >= 0.6 is 0 Å². The van der Waals surface area contributed by atoms with Crippen LogP contribution in [0.25, 0.3) is 21.8 Å². The Hall–Kier alpha value is -8.92. The number of rotatable bonds is 18. The second kappa shape index (κ2) is 25.5. The molecule has 3 aliphatic heterocycles. The van der Waals surface area contributed by atoms with Crippen LogP contribution in [0.4, 0.5) is 29.7 Å². The van der Waals surface area contributed by atoms with Gasteiger partial charge in [0.1, 0.15) is 28.1 Å². The molecule has 3 saturated heterocycles. The Labute approximate surface area is 554 Å². The van der Waals surface area contributed by atoms with Gasteiger partial charge in [-0.15, -0.1) is 0 Å². The summed E-state index contributed by atoms with van der Waals surface area (Å²) in [7, 11) is 2.66. The number of aliphatic hydroxyl groups is 2. The van der Waals surface area contributed by atoms with Crippen molar-refractivity contribution in [2.24, 2.45) is 34.5 Å². The number of likely N-dealkylation sites (tertiary alicyclic amines) is 1. The van der Waals surface area contributed by atoms with Gasteiger partial charge in [0.2, 0.25) is 30.2 Å². The molecule has 5 saturated carbocycles. The zero-order valence-corrected chi connectivity index (χ0v) is 54.5. The normalized spacial score (nSPS) is 28.1. The van der Waals surface area contributed by atoms with Gasteiger partial charge in [-0.05, 0) is 120 Å². The van der Waals surface area contributed by atoms with Crippen molar-refractivity contribution in [1.82, 2.24) is 18.9 Å². The summed E-state index contributed by atoms with van der Waals surface area (Å²) >= 11 is 0. The number of anilines is 2. The number of hydrogen-bond donors (Lipinski definition) is 3. The number of ether oxygens (including phenoxy) is 7. The Balaban J connectivity index is 0.593.